The first kappa shape index (κ1) is 7.92. The molecule has 0 radical (unpaired) electrons. The Hall–Kier alpha value is -1.70. The van der Waals surface area contributed by atoms with Crippen molar-refractivity contribution in [2.45, 2.75) is 0 Å². The molecule has 0 unspecified atom stereocenters. The minimum absolute atomic E-state index is 0.250. The van der Waals surface area contributed by atoms with E-state index in [0.717, 1.165) is 10.9 Å². The second-order valence-corrected chi connectivity index (χ2v) is 2.80. The average molecular weight is 173 g/mol. The van der Waals surface area contributed by atoms with Crippen LogP contribution in [-0.2, 0) is 0 Å². The van der Waals surface area contributed by atoms with Gasteiger partial charge in [0.05, 0.1) is 0 Å². The second kappa shape index (κ2) is 2.98. The van der Waals surface area contributed by atoms with Crippen LogP contribution >= 0.6 is 0 Å². The van der Waals surface area contributed by atoms with Crippen LogP contribution in [0.15, 0.2) is 37.2 Å². The zero-order valence-corrected chi connectivity index (χ0v) is 7.00. The summed E-state index contributed by atoms with van der Waals surface area (Å²) in [6, 6.07) is 5.12. The van der Waals surface area contributed by atoms with Crippen molar-refractivity contribution in [3.8, 4) is 0 Å². The number of rotatable bonds is 1. The highest BCUT2D eigenvalue weighted by Crippen LogP contribution is 2.19. The molecule has 0 fully saturated rings. The van der Waals surface area contributed by atoms with Crippen LogP contribution in [0.1, 0.15) is 5.56 Å². The van der Waals surface area contributed by atoms with E-state index in [1.807, 2.05) is 6.07 Å². The summed E-state index contributed by atoms with van der Waals surface area (Å²) in [5.74, 6) is -0.250. The Balaban J connectivity index is 2.84. The molecule has 0 saturated carbocycles. The number of nitrogens with zero attached hydrogens (tertiary/aromatic N) is 1. The van der Waals surface area contributed by atoms with E-state index in [-0.39, 0.29) is 5.82 Å². The van der Waals surface area contributed by atoms with Gasteiger partial charge in [-0.15, -0.1) is 0 Å². The summed E-state index contributed by atoms with van der Waals surface area (Å²) >= 11 is 0. The molecule has 1 heterocycles. The molecule has 0 aliphatic heterocycles. The molecule has 0 amide bonds. The number of aromatic nitrogens is 1. The van der Waals surface area contributed by atoms with Gasteiger partial charge in [0.15, 0.2) is 0 Å². The molecule has 0 aliphatic carbocycles. The van der Waals surface area contributed by atoms with Crippen LogP contribution in [0.5, 0.6) is 0 Å². The number of pyridine rings is 1. The molecule has 2 heteroatoms. The first-order valence-corrected chi connectivity index (χ1v) is 3.97. The third-order valence-corrected chi connectivity index (χ3v) is 1.96. The van der Waals surface area contributed by atoms with E-state index in [1.54, 1.807) is 18.3 Å². The second-order valence-electron chi connectivity index (χ2n) is 2.80. The molecule has 0 saturated heterocycles. The van der Waals surface area contributed by atoms with Gasteiger partial charge in [-0.1, -0.05) is 12.7 Å². The van der Waals surface area contributed by atoms with E-state index in [4.69, 9.17) is 0 Å². The van der Waals surface area contributed by atoms with Gasteiger partial charge in [0.2, 0.25) is 0 Å². The van der Waals surface area contributed by atoms with Crippen LogP contribution in [0.4, 0.5) is 4.39 Å². The molecule has 1 aromatic heterocycles. The fourth-order valence-electron chi connectivity index (χ4n) is 1.29. The molecule has 0 spiro atoms. The van der Waals surface area contributed by atoms with Crippen LogP contribution in [-0.4, -0.2) is 4.98 Å². The van der Waals surface area contributed by atoms with Crippen molar-refractivity contribution in [2.24, 2.45) is 0 Å². The smallest absolute Gasteiger partial charge is 0.133 e. The molecule has 1 aromatic carbocycles. The quantitative estimate of drug-likeness (QED) is 0.646. The van der Waals surface area contributed by atoms with E-state index in [1.165, 1.54) is 12.3 Å². The van der Waals surface area contributed by atoms with Crippen LogP contribution in [0.3, 0.4) is 0 Å². The molecule has 13 heavy (non-hydrogen) atoms. The van der Waals surface area contributed by atoms with E-state index in [2.05, 4.69) is 11.6 Å². The van der Waals surface area contributed by atoms with Crippen molar-refractivity contribution in [3.05, 3.63) is 48.6 Å². The van der Waals surface area contributed by atoms with Crippen molar-refractivity contribution in [1.29, 1.82) is 0 Å². The number of hydrogen-bond acceptors (Lipinski definition) is 1. The molecule has 0 bridgehead atoms. The van der Waals surface area contributed by atoms with Gasteiger partial charge < -0.3 is 0 Å². The van der Waals surface area contributed by atoms with Crippen molar-refractivity contribution in [3.63, 3.8) is 0 Å². The standard InChI is InChI=1S/C11H8FN/c1-2-8-5-9-3-4-13-7-10(9)11(12)6-8/h2-7H,1H2. The van der Waals surface area contributed by atoms with Gasteiger partial charge in [-0.05, 0) is 29.1 Å². The van der Waals surface area contributed by atoms with Crippen molar-refractivity contribution < 1.29 is 4.39 Å². The van der Waals surface area contributed by atoms with Crippen LogP contribution < -0.4 is 0 Å². The lowest BCUT2D eigenvalue weighted by Crippen LogP contribution is -1.83. The molecule has 2 aromatic rings. The van der Waals surface area contributed by atoms with Gasteiger partial charge >= 0.3 is 0 Å². The number of hydrogen-bond donors (Lipinski definition) is 0. The molecule has 0 N–H and O–H groups in total. The molecule has 0 atom stereocenters. The lowest BCUT2D eigenvalue weighted by molar-refractivity contribution is 0.639. The predicted octanol–water partition coefficient (Wildman–Crippen LogP) is 3.02. The zero-order chi connectivity index (χ0) is 9.26. The van der Waals surface area contributed by atoms with Gasteiger partial charge in [0, 0.05) is 17.8 Å². The molecule has 0 aliphatic rings. The monoisotopic (exact) mass is 173 g/mol. The topological polar surface area (TPSA) is 12.9 Å². The van der Waals surface area contributed by atoms with Gasteiger partial charge in [0.25, 0.3) is 0 Å². The number of fused-ring (bicyclic) bond motifs is 1. The minimum Gasteiger partial charge on any atom is -0.264 e. The molecule has 2 rings (SSSR count). The predicted molar refractivity (Wildman–Crippen MR) is 51.8 cm³/mol. The maximum absolute atomic E-state index is 13.3. The maximum atomic E-state index is 13.3. The lowest BCUT2D eigenvalue weighted by atomic mass is 10.1. The van der Waals surface area contributed by atoms with E-state index in [9.17, 15) is 4.39 Å². The summed E-state index contributed by atoms with van der Waals surface area (Å²) in [6.45, 7) is 3.60. The fraction of sp³-hybridized carbons (Fsp3) is 0. The van der Waals surface area contributed by atoms with Crippen molar-refractivity contribution in [1.82, 2.24) is 4.98 Å². The van der Waals surface area contributed by atoms with E-state index < -0.39 is 0 Å². The Morgan fingerprint density at radius 2 is 2.23 bits per heavy atom. The third kappa shape index (κ3) is 1.31. The summed E-state index contributed by atoms with van der Waals surface area (Å²) in [6.07, 6.45) is 4.80. The van der Waals surface area contributed by atoms with Gasteiger partial charge in [-0.2, -0.15) is 0 Å². The van der Waals surface area contributed by atoms with Crippen LogP contribution in [0.2, 0.25) is 0 Å². The third-order valence-electron chi connectivity index (χ3n) is 1.96. The Morgan fingerprint density at radius 1 is 1.38 bits per heavy atom. The highest BCUT2D eigenvalue weighted by atomic mass is 19.1. The maximum Gasteiger partial charge on any atom is 0.133 e. The lowest BCUT2D eigenvalue weighted by Gasteiger charge is -2.00. The minimum atomic E-state index is -0.250. The Bertz CT molecular complexity index is 463. The number of halogens is 1. The van der Waals surface area contributed by atoms with Crippen molar-refractivity contribution >= 4 is 16.8 Å². The molecule has 1 nitrogen and oxygen atoms in total. The zero-order valence-electron chi connectivity index (χ0n) is 7.00. The highest BCUT2D eigenvalue weighted by Gasteiger charge is 2.00. The van der Waals surface area contributed by atoms with Crippen LogP contribution in [0.25, 0.3) is 16.8 Å². The van der Waals surface area contributed by atoms with Crippen molar-refractivity contribution in [2.75, 3.05) is 0 Å². The number of benzene rings is 1. The Labute approximate surface area is 75.5 Å². The molecular formula is C11H8FN. The summed E-state index contributed by atoms with van der Waals surface area (Å²) in [5.41, 5.74) is 0.788. The first-order valence-electron chi connectivity index (χ1n) is 3.97. The average Bonchev–Trinajstić information content (AvgIpc) is 2.18. The van der Waals surface area contributed by atoms with Crippen LogP contribution in [0, 0.1) is 5.82 Å². The SMILES string of the molecule is C=Cc1cc(F)c2cnccc2c1. The Morgan fingerprint density at radius 3 is 3.00 bits per heavy atom. The summed E-state index contributed by atoms with van der Waals surface area (Å²) in [4.78, 5) is 3.86. The largest absolute Gasteiger partial charge is 0.264 e. The highest BCUT2D eigenvalue weighted by molar-refractivity contribution is 5.84. The summed E-state index contributed by atoms with van der Waals surface area (Å²) in [7, 11) is 0. The van der Waals surface area contributed by atoms with Gasteiger partial charge in [0.1, 0.15) is 5.82 Å². The molecule has 64 valence electrons. The summed E-state index contributed by atoms with van der Waals surface area (Å²) < 4.78 is 13.3. The van der Waals surface area contributed by atoms with Gasteiger partial charge in [-0.25, -0.2) is 4.39 Å². The molecular weight excluding hydrogens is 165 g/mol. The first-order chi connectivity index (χ1) is 6.31. The Kier molecular flexibility index (Phi) is 1.81. The summed E-state index contributed by atoms with van der Waals surface area (Å²) in [5, 5.41) is 1.40. The fourth-order valence-corrected chi connectivity index (χ4v) is 1.29. The van der Waals surface area contributed by atoms with E-state index in [0.29, 0.717) is 5.39 Å². The van der Waals surface area contributed by atoms with E-state index >= 15 is 0 Å². The van der Waals surface area contributed by atoms with Gasteiger partial charge in [-0.3, -0.25) is 4.98 Å². The normalized spacial score (nSPS) is 10.2.